The van der Waals surface area contributed by atoms with Gasteiger partial charge in [-0.05, 0) is 31.2 Å². The van der Waals surface area contributed by atoms with Crippen molar-refractivity contribution in [2.45, 2.75) is 23.2 Å². The van der Waals surface area contributed by atoms with Crippen LogP contribution in [-0.2, 0) is 6.18 Å². The van der Waals surface area contributed by atoms with Crippen LogP contribution >= 0.6 is 11.8 Å². The van der Waals surface area contributed by atoms with E-state index in [0.29, 0.717) is 22.0 Å². The molecule has 0 fully saturated rings. The summed E-state index contributed by atoms with van der Waals surface area (Å²) in [4.78, 5) is 12.0. The molecule has 1 aromatic carbocycles. The van der Waals surface area contributed by atoms with E-state index in [1.807, 2.05) is 6.92 Å². The molecule has 0 amide bonds. The lowest BCUT2D eigenvalue weighted by Gasteiger charge is -2.05. The van der Waals surface area contributed by atoms with Crippen LogP contribution in [0.1, 0.15) is 11.1 Å². The number of H-pyrrole nitrogens is 1. The van der Waals surface area contributed by atoms with Gasteiger partial charge in [0.15, 0.2) is 5.16 Å². The van der Waals surface area contributed by atoms with Crippen molar-refractivity contribution in [3.63, 3.8) is 0 Å². The van der Waals surface area contributed by atoms with Crippen LogP contribution in [0.25, 0.3) is 11.0 Å². The van der Waals surface area contributed by atoms with Gasteiger partial charge in [0.05, 0.1) is 16.6 Å². The monoisotopic (exact) mass is 324 g/mol. The number of pyridine rings is 1. The lowest BCUT2D eigenvalue weighted by Crippen LogP contribution is -2.04. The van der Waals surface area contributed by atoms with Gasteiger partial charge in [0.2, 0.25) is 0 Å². The molecule has 8 heteroatoms. The molecule has 0 aliphatic heterocycles. The Bertz CT molecular complexity index is 842. The quantitative estimate of drug-likeness (QED) is 0.747. The number of rotatable bonds is 2. The van der Waals surface area contributed by atoms with Gasteiger partial charge in [-0.2, -0.15) is 13.2 Å². The molecule has 0 bridgehead atoms. The van der Waals surface area contributed by atoms with Crippen LogP contribution in [0.5, 0.6) is 0 Å². The highest BCUT2D eigenvalue weighted by Gasteiger charge is 2.30. The Morgan fingerprint density at radius 3 is 2.73 bits per heavy atom. The van der Waals surface area contributed by atoms with E-state index in [0.717, 1.165) is 22.6 Å². The van der Waals surface area contributed by atoms with Gasteiger partial charge in [-0.1, -0.05) is 11.8 Å². The largest absolute Gasteiger partial charge is 0.416 e. The molecular formula is C14H11F3N4S. The Morgan fingerprint density at radius 2 is 2.00 bits per heavy atom. The van der Waals surface area contributed by atoms with Gasteiger partial charge in [-0.15, -0.1) is 0 Å². The van der Waals surface area contributed by atoms with Crippen LogP contribution in [0.3, 0.4) is 0 Å². The summed E-state index contributed by atoms with van der Waals surface area (Å²) >= 11 is 1.30. The lowest BCUT2D eigenvalue weighted by molar-refractivity contribution is -0.137. The molecule has 22 heavy (non-hydrogen) atoms. The summed E-state index contributed by atoms with van der Waals surface area (Å²) in [5, 5.41) is 0.503. The van der Waals surface area contributed by atoms with Crippen LogP contribution in [-0.4, -0.2) is 15.0 Å². The van der Waals surface area contributed by atoms with E-state index in [1.54, 1.807) is 12.3 Å². The number of imidazole rings is 1. The first-order chi connectivity index (χ1) is 10.3. The van der Waals surface area contributed by atoms with Crippen molar-refractivity contribution in [2.24, 2.45) is 0 Å². The SMILES string of the molecule is Cc1c(Sc2nc3ccc(C(F)(F)F)cc3[nH]2)ccnc1N. The van der Waals surface area contributed by atoms with Gasteiger partial charge in [-0.25, -0.2) is 9.97 Å². The average Bonchev–Trinajstić information content (AvgIpc) is 2.84. The molecule has 114 valence electrons. The molecule has 0 unspecified atom stereocenters. The van der Waals surface area contributed by atoms with Gasteiger partial charge < -0.3 is 10.7 Å². The highest BCUT2D eigenvalue weighted by Crippen LogP contribution is 2.34. The first kappa shape index (κ1) is 14.7. The zero-order valence-corrected chi connectivity index (χ0v) is 12.2. The Morgan fingerprint density at radius 1 is 1.23 bits per heavy atom. The molecule has 0 atom stereocenters. The number of aromatic nitrogens is 3. The third-order valence-electron chi connectivity index (χ3n) is 3.19. The Balaban J connectivity index is 1.97. The predicted molar refractivity (Wildman–Crippen MR) is 78.6 cm³/mol. The van der Waals surface area contributed by atoms with E-state index >= 15 is 0 Å². The number of benzene rings is 1. The van der Waals surface area contributed by atoms with Gasteiger partial charge in [0, 0.05) is 16.7 Å². The molecule has 0 radical (unpaired) electrons. The van der Waals surface area contributed by atoms with Crippen molar-refractivity contribution in [3.05, 3.63) is 41.6 Å². The van der Waals surface area contributed by atoms with Gasteiger partial charge in [0.25, 0.3) is 0 Å². The number of hydrogen-bond donors (Lipinski definition) is 2. The number of nitrogen functional groups attached to an aromatic ring is 1. The van der Waals surface area contributed by atoms with Gasteiger partial charge >= 0.3 is 6.18 Å². The first-order valence-electron chi connectivity index (χ1n) is 6.30. The van der Waals surface area contributed by atoms with Crippen LogP contribution < -0.4 is 5.73 Å². The lowest BCUT2D eigenvalue weighted by atomic mass is 10.2. The second-order valence-corrected chi connectivity index (χ2v) is 5.72. The number of anilines is 1. The topological polar surface area (TPSA) is 67.6 Å². The van der Waals surface area contributed by atoms with E-state index in [9.17, 15) is 13.2 Å². The van der Waals surface area contributed by atoms with Crippen molar-refractivity contribution >= 4 is 28.6 Å². The van der Waals surface area contributed by atoms with Crippen molar-refractivity contribution < 1.29 is 13.2 Å². The second-order valence-electron chi connectivity index (χ2n) is 4.69. The molecule has 2 heterocycles. The summed E-state index contributed by atoms with van der Waals surface area (Å²) in [5.41, 5.74) is 6.67. The summed E-state index contributed by atoms with van der Waals surface area (Å²) in [6, 6.07) is 5.21. The molecule has 3 N–H and O–H groups in total. The van der Waals surface area contributed by atoms with E-state index < -0.39 is 11.7 Å². The van der Waals surface area contributed by atoms with Crippen molar-refractivity contribution in [1.82, 2.24) is 15.0 Å². The molecule has 2 aromatic heterocycles. The molecule has 0 aliphatic carbocycles. The van der Waals surface area contributed by atoms with Gasteiger partial charge in [-0.3, -0.25) is 0 Å². The number of nitrogens with zero attached hydrogens (tertiary/aromatic N) is 2. The standard InChI is InChI=1S/C14H11F3N4S/c1-7-11(4-5-19-12(7)18)22-13-20-9-3-2-8(14(15,16)17)6-10(9)21-13/h2-6H,1H3,(H2,18,19)(H,20,21). The smallest absolute Gasteiger partial charge is 0.383 e. The fourth-order valence-corrected chi connectivity index (χ4v) is 2.86. The van der Waals surface area contributed by atoms with E-state index in [4.69, 9.17) is 5.73 Å². The summed E-state index contributed by atoms with van der Waals surface area (Å²) in [7, 11) is 0. The fraction of sp³-hybridized carbons (Fsp3) is 0.143. The average molecular weight is 324 g/mol. The number of nitrogens with one attached hydrogen (secondary N) is 1. The van der Waals surface area contributed by atoms with E-state index in [2.05, 4.69) is 15.0 Å². The minimum atomic E-state index is -4.37. The summed E-state index contributed by atoms with van der Waals surface area (Å²) in [5.74, 6) is 0.417. The van der Waals surface area contributed by atoms with Crippen LogP contribution in [0.4, 0.5) is 19.0 Å². The van der Waals surface area contributed by atoms with Crippen molar-refractivity contribution in [3.8, 4) is 0 Å². The molecular weight excluding hydrogens is 313 g/mol. The minimum absolute atomic E-state index is 0.344. The number of aromatic amines is 1. The summed E-state index contributed by atoms with van der Waals surface area (Å²) in [6.45, 7) is 1.83. The predicted octanol–water partition coefficient (Wildman–Crippen LogP) is 4.02. The zero-order valence-electron chi connectivity index (χ0n) is 11.4. The number of alkyl halides is 3. The third-order valence-corrected chi connectivity index (χ3v) is 4.24. The highest BCUT2D eigenvalue weighted by atomic mass is 32.2. The highest BCUT2D eigenvalue weighted by molar-refractivity contribution is 7.99. The zero-order chi connectivity index (χ0) is 15.9. The normalized spacial score (nSPS) is 12.0. The number of nitrogens with two attached hydrogens (primary N) is 1. The minimum Gasteiger partial charge on any atom is -0.383 e. The van der Waals surface area contributed by atoms with Crippen LogP contribution in [0.2, 0.25) is 0 Å². The Hall–Kier alpha value is -2.22. The maximum Gasteiger partial charge on any atom is 0.416 e. The summed E-state index contributed by atoms with van der Waals surface area (Å²) < 4.78 is 38.1. The molecule has 0 aliphatic rings. The molecule has 0 saturated carbocycles. The molecule has 0 saturated heterocycles. The number of halogens is 3. The summed E-state index contributed by atoms with van der Waals surface area (Å²) in [6.07, 6.45) is -2.79. The maximum atomic E-state index is 12.7. The van der Waals surface area contributed by atoms with E-state index in [1.165, 1.54) is 17.8 Å². The first-order valence-corrected chi connectivity index (χ1v) is 7.12. The number of hydrogen-bond acceptors (Lipinski definition) is 4. The molecule has 0 spiro atoms. The van der Waals surface area contributed by atoms with E-state index in [-0.39, 0.29) is 0 Å². The fourth-order valence-electron chi connectivity index (χ4n) is 1.96. The van der Waals surface area contributed by atoms with Crippen molar-refractivity contribution in [1.29, 1.82) is 0 Å². The van der Waals surface area contributed by atoms with Gasteiger partial charge in [0.1, 0.15) is 5.82 Å². The maximum absolute atomic E-state index is 12.7. The van der Waals surface area contributed by atoms with Crippen molar-refractivity contribution in [2.75, 3.05) is 5.73 Å². The molecule has 4 nitrogen and oxygen atoms in total. The van der Waals surface area contributed by atoms with Crippen LogP contribution in [0, 0.1) is 6.92 Å². The van der Waals surface area contributed by atoms with Crippen LogP contribution in [0.15, 0.2) is 40.5 Å². The Labute approximate surface area is 128 Å². The number of fused-ring (bicyclic) bond motifs is 1. The second kappa shape index (κ2) is 5.20. The molecule has 3 rings (SSSR count). The molecule has 3 aromatic rings. The third kappa shape index (κ3) is 2.74. The Kier molecular flexibility index (Phi) is 3.48.